The third kappa shape index (κ3) is 3.15. The highest BCUT2D eigenvalue weighted by Crippen LogP contribution is 2.34. The zero-order valence-electron chi connectivity index (χ0n) is 13.3. The molecule has 5 heteroatoms. The Morgan fingerprint density at radius 2 is 1.80 bits per heavy atom. The number of carbonyl (C=O) groups excluding carboxylic acids is 1. The summed E-state index contributed by atoms with van der Waals surface area (Å²) in [5.41, 5.74) is 2.50. The molecular weight excluding hydrogens is 380 g/mol. The Bertz CT molecular complexity index is 903. The van der Waals surface area contributed by atoms with E-state index in [1.165, 1.54) is 5.01 Å². The Balaban J connectivity index is 1.71. The number of hydrazone groups is 1. The summed E-state index contributed by atoms with van der Waals surface area (Å²) in [6, 6.07) is 20.7. The summed E-state index contributed by atoms with van der Waals surface area (Å²) in [6.45, 7) is 0. The molecule has 0 fully saturated rings. The molecular formula is C20H15BrN2O2. The van der Waals surface area contributed by atoms with Gasteiger partial charge in [0.1, 0.15) is 11.8 Å². The normalized spacial score (nSPS) is 16.8. The Morgan fingerprint density at radius 1 is 1.04 bits per heavy atom. The molecule has 0 spiro atoms. The van der Waals surface area contributed by atoms with Gasteiger partial charge < -0.3 is 4.42 Å². The summed E-state index contributed by atoms with van der Waals surface area (Å²) < 4.78 is 6.49. The van der Waals surface area contributed by atoms with Crippen molar-refractivity contribution in [1.29, 1.82) is 0 Å². The maximum Gasteiger partial charge on any atom is 0.274 e. The molecule has 0 unspecified atom stereocenters. The first-order chi connectivity index (χ1) is 12.2. The van der Waals surface area contributed by atoms with Crippen LogP contribution in [0, 0.1) is 0 Å². The topological polar surface area (TPSA) is 45.8 Å². The maximum atomic E-state index is 13.0. The number of carbonyl (C=O) groups is 1. The van der Waals surface area contributed by atoms with Crippen LogP contribution in [0.15, 0.2) is 87.0 Å². The molecule has 0 bridgehead atoms. The highest BCUT2D eigenvalue weighted by molar-refractivity contribution is 9.10. The van der Waals surface area contributed by atoms with Crippen LogP contribution in [0.1, 0.15) is 34.1 Å². The van der Waals surface area contributed by atoms with Gasteiger partial charge in [-0.15, -0.1) is 0 Å². The number of halogens is 1. The van der Waals surface area contributed by atoms with E-state index >= 15 is 0 Å². The molecule has 1 aliphatic heterocycles. The lowest BCUT2D eigenvalue weighted by Gasteiger charge is -2.19. The first kappa shape index (κ1) is 15.8. The second kappa shape index (κ2) is 6.69. The first-order valence-electron chi connectivity index (χ1n) is 7.98. The largest absolute Gasteiger partial charge is 0.467 e. The van der Waals surface area contributed by atoms with Crippen molar-refractivity contribution >= 4 is 27.5 Å². The van der Waals surface area contributed by atoms with Gasteiger partial charge >= 0.3 is 0 Å². The Hall–Kier alpha value is -2.66. The van der Waals surface area contributed by atoms with E-state index in [0.717, 1.165) is 21.5 Å². The molecule has 2 heterocycles. The lowest BCUT2D eigenvalue weighted by atomic mass is 10.0. The zero-order chi connectivity index (χ0) is 17.2. The summed E-state index contributed by atoms with van der Waals surface area (Å²) in [7, 11) is 0. The van der Waals surface area contributed by atoms with Crippen LogP contribution in [0.5, 0.6) is 0 Å². The summed E-state index contributed by atoms with van der Waals surface area (Å²) in [6.07, 6.45) is 2.25. The number of furan rings is 1. The van der Waals surface area contributed by atoms with E-state index in [4.69, 9.17) is 4.42 Å². The second-order valence-corrected chi connectivity index (χ2v) is 6.72. The molecule has 0 saturated carbocycles. The first-order valence-corrected chi connectivity index (χ1v) is 8.77. The van der Waals surface area contributed by atoms with E-state index in [1.54, 1.807) is 18.4 Å². The van der Waals surface area contributed by atoms with Gasteiger partial charge in [-0.1, -0.05) is 46.3 Å². The molecule has 124 valence electrons. The molecule has 25 heavy (non-hydrogen) atoms. The fourth-order valence-electron chi connectivity index (χ4n) is 2.93. The van der Waals surface area contributed by atoms with Gasteiger partial charge in [0, 0.05) is 16.5 Å². The van der Waals surface area contributed by atoms with Crippen LogP contribution < -0.4 is 0 Å². The Kier molecular flexibility index (Phi) is 4.24. The van der Waals surface area contributed by atoms with Crippen LogP contribution in [0.3, 0.4) is 0 Å². The molecule has 1 amide bonds. The fraction of sp³-hybridized carbons (Fsp3) is 0.100. The Labute approximate surface area is 153 Å². The zero-order valence-corrected chi connectivity index (χ0v) is 14.9. The molecule has 4 rings (SSSR count). The van der Waals surface area contributed by atoms with Gasteiger partial charge in [-0.2, -0.15) is 5.10 Å². The predicted molar refractivity (Wildman–Crippen MR) is 99.4 cm³/mol. The number of nitrogens with zero attached hydrogens (tertiary/aromatic N) is 2. The second-order valence-electron chi connectivity index (χ2n) is 5.80. The number of hydrogen-bond acceptors (Lipinski definition) is 3. The lowest BCUT2D eigenvalue weighted by molar-refractivity contribution is 0.0693. The van der Waals surface area contributed by atoms with E-state index < -0.39 is 0 Å². The minimum atomic E-state index is -0.235. The quantitative estimate of drug-likeness (QED) is 0.624. The number of rotatable bonds is 3. The van der Waals surface area contributed by atoms with Crippen molar-refractivity contribution in [2.45, 2.75) is 12.5 Å². The van der Waals surface area contributed by atoms with Crippen LogP contribution in [0.25, 0.3) is 0 Å². The van der Waals surface area contributed by atoms with Crippen LogP contribution in [0.2, 0.25) is 0 Å². The molecule has 0 N–H and O–H groups in total. The van der Waals surface area contributed by atoms with Crippen molar-refractivity contribution in [3.05, 3.63) is 94.4 Å². The third-order valence-corrected chi connectivity index (χ3v) is 4.72. The van der Waals surface area contributed by atoms with E-state index in [1.807, 2.05) is 54.6 Å². The SMILES string of the molecule is O=C(c1ccc(Br)cc1)N1N=C(c2ccccc2)C[C@H]1c1ccco1. The molecule has 1 aromatic heterocycles. The van der Waals surface area contributed by atoms with Gasteiger partial charge in [-0.25, -0.2) is 5.01 Å². The van der Waals surface area contributed by atoms with Crippen LogP contribution in [-0.4, -0.2) is 16.6 Å². The van der Waals surface area contributed by atoms with Gasteiger partial charge in [0.05, 0.1) is 12.0 Å². The maximum absolute atomic E-state index is 13.0. The monoisotopic (exact) mass is 394 g/mol. The van der Waals surface area contributed by atoms with E-state index in [9.17, 15) is 4.79 Å². The lowest BCUT2D eigenvalue weighted by Crippen LogP contribution is -2.26. The van der Waals surface area contributed by atoms with Crippen molar-refractivity contribution < 1.29 is 9.21 Å². The van der Waals surface area contributed by atoms with Gasteiger partial charge in [0.15, 0.2) is 0 Å². The van der Waals surface area contributed by atoms with Crippen LogP contribution in [0.4, 0.5) is 0 Å². The molecule has 1 aliphatic rings. The summed E-state index contributed by atoms with van der Waals surface area (Å²) in [5.74, 6) is 0.597. The average Bonchev–Trinajstić information content (AvgIpc) is 3.32. The average molecular weight is 395 g/mol. The van der Waals surface area contributed by atoms with Gasteiger partial charge in [0.2, 0.25) is 0 Å². The highest BCUT2D eigenvalue weighted by atomic mass is 79.9. The summed E-state index contributed by atoms with van der Waals surface area (Å²) in [4.78, 5) is 13.0. The van der Waals surface area contributed by atoms with Gasteiger partial charge in [-0.3, -0.25) is 4.79 Å². The smallest absolute Gasteiger partial charge is 0.274 e. The number of amides is 1. The number of benzene rings is 2. The Morgan fingerprint density at radius 3 is 2.48 bits per heavy atom. The number of hydrogen-bond donors (Lipinski definition) is 0. The third-order valence-electron chi connectivity index (χ3n) is 4.19. The standard InChI is InChI=1S/C20H15BrN2O2/c21-16-10-8-15(9-11-16)20(24)23-18(19-7-4-12-25-19)13-17(22-23)14-5-2-1-3-6-14/h1-12,18H,13H2/t18-/m0/s1. The minimum absolute atomic E-state index is 0.139. The predicted octanol–water partition coefficient (Wildman–Crippen LogP) is 5.03. The molecule has 2 aromatic carbocycles. The molecule has 0 radical (unpaired) electrons. The summed E-state index contributed by atoms with van der Waals surface area (Å²) >= 11 is 3.39. The van der Waals surface area contributed by atoms with Crippen molar-refractivity contribution in [2.75, 3.05) is 0 Å². The van der Waals surface area contributed by atoms with E-state index in [2.05, 4.69) is 21.0 Å². The molecule has 0 aliphatic carbocycles. The van der Waals surface area contributed by atoms with Crippen molar-refractivity contribution in [1.82, 2.24) is 5.01 Å². The van der Waals surface area contributed by atoms with Crippen molar-refractivity contribution in [3.8, 4) is 0 Å². The van der Waals surface area contributed by atoms with Crippen LogP contribution in [-0.2, 0) is 0 Å². The molecule has 3 aromatic rings. The highest BCUT2D eigenvalue weighted by Gasteiger charge is 2.35. The minimum Gasteiger partial charge on any atom is -0.467 e. The van der Waals surface area contributed by atoms with Crippen LogP contribution >= 0.6 is 15.9 Å². The molecule has 0 saturated heterocycles. The fourth-order valence-corrected chi connectivity index (χ4v) is 3.19. The van der Waals surface area contributed by atoms with E-state index in [0.29, 0.717) is 12.0 Å². The molecule has 1 atom stereocenters. The van der Waals surface area contributed by atoms with Crippen molar-refractivity contribution in [2.24, 2.45) is 5.10 Å². The van der Waals surface area contributed by atoms with Gasteiger partial charge in [-0.05, 0) is 42.0 Å². The molecule has 4 nitrogen and oxygen atoms in total. The van der Waals surface area contributed by atoms with Gasteiger partial charge in [0.25, 0.3) is 5.91 Å². The van der Waals surface area contributed by atoms with Crippen molar-refractivity contribution in [3.63, 3.8) is 0 Å². The summed E-state index contributed by atoms with van der Waals surface area (Å²) in [5, 5.41) is 6.16. The van der Waals surface area contributed by atoms with E-state index in [-0.39, 0.29) is 11.9 Å².